The summed E-state index contributed by atoms with van der Waals surface area (Å²) in [6.07, 6.45) is 1.02. The highest BCUT2D eigenvalue weighted by atomic mass is 16.2. The van der Waals surface area contributed by atoms with Gasteiger partial charge in [-0.15, -0.1) is 0 Å². The summed E-state index contributed by atoms with van der Waals surface area (Å²) in [5.41, 5.74) is 2.62. The van der Waals surface area contributed by atoms with E-state index in [0.717, 1.165) is 25.2 Å². The van der Waals surface area contributed by atoms with Gasteiger partial charge < -0.3 is 15.5 Å². The third-order valence-electron chi connectivity index (χ3n) is 5.53. The molecule has 2 aromatic rings. The van der Waals surface area contributed by atoms with Crippen LogP contribution in [0.15, 0.2) is 54.6 Å². The molecule has 0 saturated carbocycles. The van der Waals surface area contributed by atoms with E-state index >= 15 is 0 Å². The number of nitrogens with zero attached hydrogens (tertiary/aromatic N) is 1. The van der Waals surface area contributed by atoms with Gasteiger partial charge in [0.25, 0.3) is 5.91 Å². The molecule has 0 aromatic heterocycles. The summed E-state index contributed by atoms with van der Waals surface area (Å²) >= 11 is 0. The molecular weight excluding hydrogens is 326 g/mol. The van der Waals surface area contributed by atoms with Crippen LogP contribution in [0.2, 0.25) is 0 Å². The Hall–Kier alpha value is -2.66. The van der Waals surface area contributed by atoms with Gasteiger partial charge in [0.1, 0.15) is 0 Å². The molecule has 26 heavy (non-hydrogen) atoms. The van der Waals surface area contributed by atoms with E-state index < -0.39 is 0 Å². The van der Waals surface area contributed by atoms with Crippen LogP contribution >= 0.6 is 0 Å². The highest BCUT2D eigenvalue weighted by Gasteiger charge is 2.44. The van der Waals surface area contributed by atoms with Crippen molar-refractivity contribution in [3.05, 3.63) is 65.7 Å². The van der Waals surface area contributed by atoms with Crippen molar-refractivity contribution in [3.8, 4) is 0 Å². The maximum absolute atomic E-state index is 12.4. The van der Waals surface area contributed by atoms with Crippen LogP contribution in [0.5, 0.6) is 0 Å². The Morgan fingerprint density at radius 1 is 1.12 bits per heavy atom. The summed E-state index contributed by atoms with van der Waals surface area (Å²) in [6.45, 7) is 1.63. The maximum Gasteiger partial charge on any atom is 0.255 e. The van der Waals surface area contributed by atoms with E-state index in [9.17, 15) is 9.59 Å². The summed E-state index contributed by atoms with van der Waals surface area (Å²) in [5, 5.41) is 6.25. The van der Waals surface area contributed by atoms with Gasteiger partial charge in [-0.2, -0.15) is 0 Å². The average molecular weight is 349 g/mol. The predicted octanol–water partition coefficient (Wildman–Crippen LogP) is 2.47. The lowest BCUT2D eigenvalue weighted by Crippen LogP contribution is -2.52. The van der Waals surface area contributed by atoms with E-state index in [4.69, 9.17) is 0 Å². The molecule has 5 heteroatoms. The van der Waals surface area contributed by atoms with Gasteiger partial charge in [0.2, 0.25) is 5.91 Å². The number of hydrogen-bond donors (Lipinski definition) is 2. The van der Waals surface area contributed by atoms with E-state index in [1.807, 2.05) is 66.5 Å². The predicted molar refractivity (Wildman–Crippen MR) is 101 cm³/mol. The fraction of sp³-hybridized carbons (Fsp3) is 0.333. The minimum absolute atomic E-state index is 0.0696. The molecule has 2 N–H and O–H groups in total. The Labute approximate surface area is 153 Å². The van der Waals surface area contributed by atoms with Gasteiger partial charge in [0.05, 0.1) is 6.04 Å². The zero-order chi connectivity index (χ0) is 18.1. The van der Waals surface area contributed by atoms with Crippen molar-refractivity contribution in [3.63, 3.8) is 0 Å². The van der Waals surface area contributed by atoms with E-state index in [2.05, 4.69) is 10.6 Å². The number of likely N-dealkylation sites (tertiary alicyclic amines) is 1. The molecule has 5 nitrogen and oxygen atoms in total. The fourth-order valence-electron chi connectivity index (χ4n) is 4.14. The molecule has 3 atom stereocenters. The van der Waals surface area contributed by atoms with Crippen molar-refractivity contribution in [1.82, 2.24) is 10.2 Å². The van der Waals surface area contributed by atoms with E-state index in [1.165, 1.54) is 5.56 Å². The molecular formula is C21H23N3O2. The van der Waals surface area contributed by atoms with Crippen LogP contribution in [0.3, 0.4) is 0 Å². The number of fused-ring (bicyclic) bond motifs is 1. The van der Waals surface area contributed by atoms with Gasteiger partial charge in [-0.25, -0.2) is 0 Å². The summed E-state index contributed by atoms with van der Waals surface area (Å²) in [5.74, 6) is 0.730. The van der Waals surface area contributed by atoms with Crippen molar-refractivity contribution >= 4 is 17.5 Å². The van der Waals surface area contributed by atoms with Crippen LogP contribution in [-0.4, -0.2) is 42.9 Å². The largest absolute Gasteiger partial charge is 0.344 e. The Balaban J connectivity index is 1.50. The highest BCUT2D eigenvalue weighted by molar-refractivity contribution is 6.04. The smallest absolute Gasteiger partial charge is 0.255 e. The molecule has 0 radical (unpaired) electrons. The third kappa shape index (κ3) is 3.10. The first-order valence-corrected chi connectivity index (χ1v) is 9.08. The Bertz CT molecular complexity index is 804. The second kappa shape index (κ2) is 6.92. The number of likely N-dealkylation sites (N-methyl/N-ethyl adjacent to an activating group) is 1. The summed E-state index contributed by atoms with van der Waals surface area (Å²) in [4.78, 5) is 26.5. The maximum atomic E-state index is 12.4. The number of anilines is 1. The van der Waals surface area contributed by atoms with Gasteiger partial charge in [0.15, 0.2) is 0 Å². The molecule has 2 heterocycles. The lowest BCUT2D eigenvalue weighted by Gasteiger charge is -2.38. The number of nitrogens with one attached hydrogen (secondary N) is 2. The molecule has 0 bridgehead atoms. The van der Waals surface area contributed by atoms with Gasteiger partial charge >= 0.3 is 0 Å². The second-order valence-corrected chi connectivity index (χ2v) is 7.15. The van der Waals surface area contributed by atoms with Crippen molar-refractivity contribution in [2.75, 3.05) is 25.5 Å². The van der Waals surface area contributed by atoms with Gasteiger partial charge in [0, 0.05) is 30.8 Å². The average Bonchev–Trinajstić information content (AvgIpc) is 3.16. The summed E-state index contributed by atoms with van der Waals surface area (Å²) < 4.78 is 0. The van der Waals surface area contributed by atoms with Crippen molar-refractivity contribution < 1.29 is 9.59 Å². The number of carbonyl (C=O) groups is 2. The third-order valence-corrected chi connectivity index (χ3v) is 5.53. The van der Waals surface area contributed by atoms with Gasteiger partial charge in [-0.05, 0) is 48.7 Å². The zero-order valence-electron chi connectivity index (χ0n) is 14.8. The second-order valence-electron chi connectivity index (χ2n) is 7.15. The number of rotatable bonds is 3. The quantitative estimate of drug-likeness (QED) is 0.895. The molecule has 0 spiro atoms. The number of benzene rings is 2. The molecule has 2 saturated heterocycles. The van der Waals surface area contributed by atoms with Gasteiger partial charge in [-0.1, -0.05) is 30.3 Å². The molecule has 2 fully saturated rings. The summed E-state index contributed by atoms with van der Waals surface area (Å²) in [6, 6.07) is 17.2. The van der Waals surface area contributed by atoms with Gasteiger partial charge in [-0.3, -0.25) is 9.59 Å². The van der Waals surface area contributed by atoms with E-state index in [-0.39, 0.29) is 17.9 Å². The molecule has 2 aliphatic rings. The molecule has 4 rings (SSSR count). The summed E-state index contributed by atoms with van der Waals surface area (Å²) in [7, 11) is 1.87. The van der Waals surface area contributed by atoms with Crippen molar-refractivity contribution in [1.29, 1.82) is 0 Å². The number of hydrogen-bond acceptors (Lipinski definition) is 3. The number of amides is 2. The van der Waals surface area contributed by atoms with Crippen LogP contribution < -0.4 is 10.6 Å². The molecule has 2 amide bonds. The van der Waals surface area contributed by atoms with E-state index in [0.29, 0.717) is 17.4 Å². The first kappa shape index (κ1) is 16.8. The Morgan fingerprint density at radius 3 is 2.58 bits per heavy atom. The van der Waals surface area contributed by atoms with Crippen LogP contribution in [0.25, 0.3) is 0 Å². The number of para-hydroxylation sites is 1. The SMILES string of the molecule is CN1CC(c2ccc(C(=O)Nc3ccccc3)cc2)C2CCNC2C1=O. The van der Waals surface area contributed by atoms with Crippen molar-refractivity contribution in [2.45, 2.75) is 18.4 Å². The standard InChI is InChI=1S/C21H23N3O2/c1-24-13-18(17-11-12-22-19(17)21(24)26)14-7-9-15(10-8-14)20(25)23-16-5-3-2-4-6-16/h2-10,17-19,22H,11-13H2,1H3,(H,23,25). The molecule has 2 aromatic carbocycles. The number of piperidine rings is 1. The molecule has 2 aliphatic heterocycles. The Morgan fingerprint density at radius 2 is 1.85 bits per heavy atom. The lowest BCUT2D eigenvalue weighted by molar-refractivity contribution is -0.136. The normalized spacial score (nSPS) is 25.0. The van der Waals surface area contributed by atoms with E-state index in [1.54, 1.807) is 0 Å². The Kier molecular flexibility index (Phi) is 4.47. The van der Waals surface area contributed by atoms with Crippen LogP contribution in [0.4, 0.5) is 5.69 Å². The van der Waals surface area contributed by atoms with Crippen LogP contribution in [-0.2, 0) is 4.79 Å². The van der Waals surface area contributed by atoms with Crippen molar-refractivity contribution in [2.24, 2.45) is 5.92 Å². The monoisotopic (exact) mass is 349 g/mol. The molecule has 134 valence electrons. The van der Waals surface area contributed by atoms with Crippen LogP contribution in [0.1, 0.15) is 28.3 Å². The first-order valence-electron chi connectivity index (χ1n) is 9.08. The molecule has 3 unspecified atom stereocenters. The highest BCUT2D eigenvalue weighted by Crippen LogP contribution is 2.37. The van der Waals surface area contributed by atoms with Crippen LogP contribution in [0, 0.1) is 5.92 Å². The number of carbonyl (C=O) groups excluding carboxylic acids is 2. The fourth-order valence-corrected chi connectivity index (χ4v) is 4.14. The minimum atomic E-state index is -0.112. The first-order chi connectivity index (χ1) is 12.6. The lowest BCUT2D eigenvalue weighted by atomic mass is 9.78. The minimum Gasteiger partial charge on any atom is -0.344 e. The molecule has 0 aliphatic carbocycles. The zero-order valence-corrected chi connectivity index (χ0v) is 14.8. The topological polar surface area (TPSA) is 61.4 Å².